The van der Waals surface area contributed by atoms with Crippen LogP contribution in [0.3, 0.4) is 0 Å². The van der Waals surface area contributed by atoms with Crippen molar-refractivity contribution >= 4 is 0 Å². The summed E-state index contributed by atoms with van der Waals surface area (Å²) < 4.78 is 0. The van der Waals surface area contributed by atoms with Crippen LogP contribution < -0.4 is 5.32 Å². The fourth-order valence-corrected chi connectivity index (χ4v) is 3.74. The van der Waals surface area contributed by atoms with E-state index >= 15 is 0 Å². The van der Waals surface area contributed by atoms with Crippen molar-refractivity contribution in [1.29, 1.82) is 0 Å². The van der Waals surface area contributed by atoms with Gasteiger partial charge in [0.05, 0.1) is 5.54 Å². The number of hydrogen-bond acceptors (Lipinski definition) is 2. The molecule has 3 aromatic rings. The van der Waals surface area contributed by atoms with Crippen LogP contribution in [0.15, 0.2) is 91.0 Å². The second-order valence-corrected chi connectivity index (χ2v) is 6.91. The molecule has 3 rings (SSSR count). The van der Waals surface area contributed by atoms with Crippen LogP contribution in [0, 0.1) is 0 Å². The van der Waals surface area contributed by atoms with Gasteiger partial charge in [-0.25, -0.2) is 0 Å². The number of aliphatic hydroxyl groups is 1. The van der Waals surface area contributed by atoms with Crippen LogP contribution in [0.2, 0.25) is 0 Å². The molecule has 0 aliphatic heterocycles. The van der Waals surface area contributed by atoms with E-state index in [2.05, 4.69) is 96.3 Å². The number of unbranched alkanes of at least 4 members (excludes halogenated alkanes) is 3. The Balaban J connectivity index is 1.98. The van der Waals surface area contributed by atoms with Crippen LogP contribution in [0.25, 0.3) is 0 Å². The van der Waals surface area contributed by atoms with Crippen LogP contribution in [-0.4, -0.2) is 18.3 Å². The number of hydrogen-bond donors (Lipinski definition) is 2. The lowest BCUT2D eigenvalue weighted by atomic mass is 9.77. The first-order valence-corrected chi connectivity index (χ1v) is 9.90. The van der Waals surface area contributed by atoms with Crippen LogP contribution in [-0.2, 0) is 5.54 Å². The molecule has 0 saturated heterocycles. The predicted octanol–water partition coefficient (Wildman–Crippen LogP) is 5.12. The van der Waals surface area contributed by atoms with Crippen molar-refractivity contribution in [3.63, 3.8) is 0 Å². The summed E-state index contributed by atoms with van der Waals surface area (Å²) in [6.07, 6.45) is 4.19. The Morgan fingerprint density at radius 3 is 1.37 bits per heavy atom. The van der Waals surface area contributed by atoms with Gasteiger partial charge >= 0.3 is 0 Å². The molecule has 140 valence electrons. The molecule has 0 saturated carbocycles. The Morgan fingerprint density at radius 1 is 0.556 bits per heavy atom. The van der Waals surface area contributed by atoms with Gasteiger partial charge in [-0.3, -0.25) is 5.32 Å². The summed E-state index contributed by atoms with van der Waals surface area (Å²) in [6.45, 7) is 1.21. The van der Waals surface area contributed by atoms with E-state index in [1.54, 1.807) is 0 Å². The third-order valence-electron chi connectivity index (χ3n) is 5.10. The normalized spacial score (nSPS) is 11.4. The van der Waals surface area contributed by atoms with Crippen molar-refractivity contribution in [2.45, 2.75) is 31.2 Å². The fraction of sp³-hybridized carbons (Fsp3) is 0.280. The molecule has 2 heteroatoms. The van der Waals surface area contributed by atoms with Gasteiger partial charge in [0.15, 0.2) is 0 Å². The Bertz CT molecular complexity index is 675. The van der Waals surface area contributed by atoms with E-state index in [1.165, 1.54) is 16.7 Å². The van der Waals surface area contributed by atoms with Gasteiger partial charge in [0.1, 0.15) is 0 Å². The SMILES string of the molecule is OCCCCCCNC(c1ccccc1)(c1ccccc1)c1ccccc1. The standard InChI is InChI=1S/C25H29NO/c27-21-13-2-1-12-20-26-25(22-14-6-3-7-15-22,23-16-8-4-9-17-23)24-18-10-5-11-19-24/h3-11,14-19,26-27H,1-2,12-13,20-21H2. The fourth-order valence-electron chi connectivity index (χ4n) is 3.74. The molecular weight excluding hydrogens is 330 g/mol. The summed E-state index contributed by atoms with van der Waals surface area (Å²) in [4.78, 5) is 0. The molecule has 0 radical (unpaired) electrons. The Morgan fingerprint density at radius 2 is 0.963 bits per heavy atom. The molecule has 0 fully saturated rings. The largest absolute Gasteiger partial charge is 0.396 e. The quantitative estimate of drug-likeness (QED) is 0.389. The smallest absolute Gasteiger partial charge is 0.0947 e. The molecule has 0 heterocycles. The highest BCUT2D eigenvalue weighted by Gasteiger charge is 2.35. The van der Waals surface area contributed by atoms with Gasteiger partial charge in [-0.2, -0.15) is 0 Å². The first-order valence-electron chi connectivity index (χ1n) is 9.90. The van der Waals surface area contributed by atoms with Crippen LogP contribution >= 0.6 is 0 Å². The van der Waals surface area contributed by atoms with E-state index in [4.69, 9.17) is 5.11 Å². The molecular formula is C25H29NO. The minimum atomic E-state index is -0.374. The molecule has 2 nitrogen and oxygen atoms in total. The number of rotatable bonds is 10. The predicted molar refractivity (Wildman–Crippen MR) is 113 cm³/mol. The molecule has 0 aliphatic rings. The van der Waals surface area contributed by atoms with E-state index < -0.39 is 0 Å². The zero-order chi connectivity index (χ0) is 18.8. The van der Waals surface area contributed by atoms with Crippen molar-refractivity contribution in [2.24, 2.45) is 0 Å². The number of benzene rings is 3. The van der Waals surface area contributed by atoms with Crippen LogP contribution in [0.1, 0.15) is 42.4 Å². The topological polar surface area (TPSA) is 32.3 Å². The third-order valence-corrected chi connectivity index (χ3v) is 5.10. The number of nitrogens with one attached hydrogen (secondary N) is 1. The van der Waals surface area contributed by atoms with Crippen molar-refractivity contribution in [3.05, 3.63) is 108 Å². The third kappa shape index (κ3) is 4.65. The Kier molecular flexibility index (Phi) is 7.20. The average Bonchev–Trinajstić information content (AvgIpc) is 2.75. The molecule has 0 amide bonds. The summed E-state index contributed by atoms with van der Waals surface area (Å²) in [5.41, 5.74) is 3.37. The second kappa shape index (κ2) is 10.1. The van der Waals surface area contributed by atoms with Crippen molar-refractivity contribution < 1.29 is 5.11 Å². The zero-order valence-corrected chi connectivity index (χ0v) is 15.9. The van der Waals surface area contributed by atoms with Gasteiger partial charge in [0.2, 0.25) is 0 Å². The van der Waals surface area contributed by atoms with Gasteiger partial charge in [0, 0.05) is 6.61 Å². The van der Waals surface area contributed by atoms with E-state index in [0.717, 1.165) is 32.2 Å². The summed E-state index contributed by atoms with van der Waals surface area (Å²) in [7, 11) is 0. The van der Waals surface area contributed by atoms with Gasteiger partial charge in [0.25, 0.3) is 0 Å². The molecule has 0 atom stereocenters. The average molecular weight is 360 g/mol. The Hall–Kier alpha value is -2.42. The molecule has 2 N–H and O–H groups in total. The maximum atomic E-state index is 8.98. The molecule has 0 unspecified atom stereocenters. The molecule has 3 aromatic carbocycles. The highest BCUT2D eigenvalue weighted by molar-refractivity contribution is 5.49. The molecule has 0 bridgehead atoms. The maximum Gasteiger partial charge on any atom is 0.0947 e. The van der Waals surface area contributed by atoms with Crippen molar-refractivity contribution in [2.75, 3.05) is 13.2 Å². The summed E-state index contributed by atoms with van der Waals surface area (Å²) in [5, 5.41) is 12.9. The van der Waals surface area contributed by atoms with E-state index in [-0.39, 0.29) is 12.1 Å². The van der Waals surface area contributed by atoms with Gasteiger partial charge in [-0.15, -0.1) is 0 Å². The molecule has 0 aliphatic carbocycles. The van der Waals surface area contributed by atoms with Crippen LogP contribution in [0.5, 0.6) is 0 Å². The van der Waals surface area contributed by atoms with E-state index in [1.807, 2.05) is 0 Å². The lowest BCUT2D eigenvalue weighted by molar-refractivity contribution is 0.282. The highest BCUT2D eigenvalue weighted by atomic mass is 16.2. The van der Waals surface area contributed by atoms with Crippen molar-refractivity contribution in [3.8, 4) is 0 Å². The maximum absolute atomic E-state index is 8.98. The van der Waals surface area contributed by atoms with Gasteiger partial charge in [-0.1, -0.05) is 104 Å². The minimum Gasteiger partial charge on any atom is -0.396 e. The second-order valence-electron chi connectivity index (χ2n) is 6.91. The van der Waals surface area contributed by atoms with E-state index in [9.17, 15) is 0 Å². The van der Waals surface area contributed by atoms with Gasteiger partial charge < -0.3 is 5.11 Å². The molecule has 0 aromatic heterocycles. The zero-order valence-electron chi connectivity index (χ0n) is 15.9. The summed E-state index contributed by atoms with van der Waals surface area (Å²) >= 11 is 0. The number of aliphatic hydroxyl groups excluding tert-OH is 1. The molecule has 27 heavy (non-hydrogen) atoms. The molecule has 0 spiro atoms. The first-order chi connectivity index (χ1) is 13.4. The lowest BCUT2D eigenvalue weighted by Gasteiger charge is -2.37. The Labute approximate surface area is 162 Å². The lowest BCUT2D eigenvalue weighted by Crippen LogP contribution is -2.45. The minimum absolute atomic E-state index is 0.287. The monoisotopic (exact) mass is 359 g/mol. The van der Waals surface area contributed by atoms with Crippen molar-refractivity contribution in [1.82, 2.24) is 5.32 Å². The summed E-state index contributed by atoms with van der Waals surface area (Å²) in [6, 6.07) is 32.1. The van der Waals surface area contributed by atoms with Crippen LogP contribution in [0.4, 0.5) is 0 Å². The summed E-state index contributed by atoms with van der Waals surface area (Å²) in [5.74, 6) is 0. The highest BCUT2D eigenvalue weighted by Crippen LogP contribution is 2.36. The van der Waals surface area contributed by atoms with Gasteiger partial charge in [-0.05, 0) is 36.1 Å². The first kappa shape index (κ1) is 19.3. The van der Waals surface area contributed by atoms with E-state index in [0.29, 0.717) is 0 Å².